The summed E-state index contributed by atoms with van der Waals surface area (Å²) in [6, 6.07) is 3.25. The van der Waals surface area contributed by atoms with Crippen molar-refractivity contribution in [3.05, 3.63) is 27.7 Å². The van der Waals surface area contributed by atoms with Gasteiger partial charge in [0.1, 0.15) is 11.3 Å². The number of likely N-dealkylation sites (tertiary alicyclic amines) is 1. The van der Waals surface area contributed by atoms with E-state index in [1.54, 1.807) is 17.9 Å². The van der Waals surface area contributed by atoms with Crippen LogP contribution in [0, 0.1) is 6.92 Å². The number of rotatable bonds is 4. The number of aromatic carboxylic acids is 1. The van der Waals surface area contributed by atoms with Crippen LogP contribution in [0.2, 0.25) is 0 Å². The minimum absolute atomic E-state index is 0.0633. The van der Waals surface area contributed by atoms with Crippen LogP contribution >= 0.6 is 15.9 Å². The van der Waals surface area contributed by atoms with Gasteiger partial charge in [0.05, 0.1) is 0 Å². The lowest BCUT2D eigenvalue weighted by atomic mass is 10.1. The number of amides is 1. The van der Waals surface area contributed by atoms with Gasteiger partial charge in [-0.15, -0.1) is 0 Å². The van der Waals surface area contributed by atoms with Gasteiger partial charge in [0.25, 0.3) is 5.91 Å². The van der Waals surface area contributed by atoms with Crippen molar-refractivity contribution in [2.24, 2.45) is 0 Å². The van der Waals surface area contributed by atoms with E-state index in [0.717, 1.165) is 32.4 Å². The quantitative estimate of drug-likeness (QED) is 0.901. The van der Waals surface area contributed by atoms with E-state index in [2.05, 4.69) is 15.9 Å². The zero-order valence-electron chi connectivity index (χ0n) is 11.9. The number of piperidine rings is 1. The standard InChI is InChI=1S/C15H18BrNO4/c1-10-7-11(16)8-12(15(19)20)14(10)21-9-13(18)17-5-3-2-4-6-17/h7-8H,2-6,9H2,1H3,(H,19,20). The molecule has 0 saturated carbocycles. The second-order valence-corrected chi connectivity index (χ2v) is 6.05. The number of benzene rings is 1. The van der Waals surface area contributed by atoms with E-state index >= 15 is 0 Å². The summed E-state index contributed by atoms with van der Waals surface area (Å²) in [6.45, 7) is 3.15. The Balaban J connectivity index is 2.08. The number of nitrogens with zero attached hydrogens (tertiary/aromatic N) is 1. The second-order valence-electron chi connectivity index (χ2n) is 5.13. The zero-order valence-corrected chi connectivity index (χ0v) is 13.5. The molecule has 1 saturated heterocycles. The number of carboxylic acids is 1. The highest BCUT2D eigenvalue weighted by Crippen LogP contribution is 2.28. The minimum atomic E-state index is -1.07. The fraction of sp³-hybridized carbons (Fsp3) is 0.467. The Kier molecular flexibility index (Phi) is 5.22. The van der Waals surface area contributed by atoms with Crippen LogP contribution in [0.4, 0.5) is 0 Å². The number of halogens is 1. The molecule has 1 aliphatic rings. The lowest BCUT2D eigenvalue weighted by molar-refractivity contribution is -0.134. The molecule has 1 heterocycles. The van der Waals surface area contributed by atoms with Gasteiger partial charge in [-0.3, -0.25) is 4.79 Å². The zero-order chi connectivity index (χ0) is 15.4. The summed E-state index contributed by atoms with van der Waals surface area (Å²) >= 11 is 3.26. The Hall–Kier alpha value is -1.56. The first-order valence-electron chi connectivity index (χ1n) is 6.93. The van der Waals surface area contributed by atoms with E-state index in [0.29, 0.717) is 10.0 Å². The fourth-order valence-electron chi connectivity index (χ4n) is 2.45. The largest absolute Gasteiger partial charge is 0.483 e. The number of ether oxygens (including phenoxy) is 1. The number of hydrogen-bond donors (Lipinski definition) is 1. The van der Waals surface area contributed by atoms with Crippen LogP contribution in [-0.4, -0.2) is 41.6 Å². The molecule has 1 amide bonds. The highest BCUT2D eigenvalue weighted by atomic mass is 79.9. The molecule has 0 aliphatic carbocycles. The molecule has 0 atom stereocenters. The Morgan fingerprint density at radius 2 is 1.95 bits per heavy atom. The van der Waals surface area contributed by atoms with Crippen molar-refractivity contribution in [1.82, 2.24) is 4.90 Å². The van der Waals surface area contributed by atoms with Crippen LogP contribution in [0.3, 0.4) is 0 Å². The number of aryl methyl sites for hydroxylation is 1. The number of carbonyl (C=O) groups excluding carboxylic acids is 1. The average molecular weight is 356 g/mol. The van der Waals surface area contributed by atoms with Gasteiger partial charge in [0.15, 0.2) is 6.61 Å². The van der Waals surface area contributed by atoms with Crippen molar-refractivity contribution in [3.8, 4) is 5.75 Å². The van der Waals surface area contributed by atoms with Crippen molar-refractivity contribution in [1.29, 1.82) is 0 Å². The van der Waals surface area contributed by atoms with E-state index < -0.39 is 5.97 Å². The van der Waals surface area contributed by atoms with Crippen molar-refractivity contribution >= 4 is 27.8 Å². The van der Waals surface area contributed by atoms with Gasteiger partial charge in [-0.1, -0.05) is 15.9 Å². The first-order chi connectivity index (χ1) is 9.99. The normalized spacial score (nSPS) is 14.9. The molecule has 1 aliphatic heterocycles. The van der Waals surface area contributed by atoms with Crippen LogP contribution in [-0.2, 0) is 4.79 Å². The lowest BCUT2D eigenvalue weighted by Gasteiger charge is -2.26. The minimum Gasteiger partial charge on any atom is -0.483 e. The third kappa shape index (κ3) is 3.97. The van der Waals surface area contributed by atoms with E-state index in [-0.39, 0.29) is 23.8 Å². The van der Waals surface area contributed by atoms with Gasteiger partial charge < -0.3 is 14.7 Å². The molecule has 0 unspecified atom stereocenters. The maximum absolute atomic E-state index is 12.1. The maximum atomic E-state index is 12.1. The second kappa shape index (κ2) is 6.93. The smallest absolute Gasteiger partial charge is 0.339 e. The van der Waals surface area contributed by atoms with E-state index in [1.165, 1.54) is 6.07 Å². The molecule has 5 nitrogen and oxygen atoms in total. The number of carboxylic acid groups (broad SMARTS) is 1. The van der Waals surface area contributed by atoms with Gasteiger partial charge in [0, 0.05) is 17.6 Å². The molecule has 1 fully saturated rings. The van der Waals surface area contributed by atoms with Gasteiger partial charge in [-0.2, -0.15) is 0 Å². The van der Waals surface area contributed by atoms with Gasteiger partial charge in [-0.25, -0.2) is 4.79 Å². The average Bonchev–Trinajstić information content (AvgIpc) is 2.46. The van der Waals surface area contributed by atoms with Gasteiger partial charge in [-0.05, 0) is 43.9 Å². The SMILES string of the molecule is Cc1cc(Br)cc(C(=O)O)c1OCC(=O)N1CCCCC1. The molecule has 0 aromatic heterocycles. The van der Waals surface area contributed by atoms with Gasteiger partial charge >= 0.3 is 5.97 Å². The monoisotopic (exact) mass is 355 g/mol. The topological polar surface area (TPSA) is 66.8 Å². The summed E-state index contributed by atoms with van der Waals surface area (Å²) in [4.78, 5) is 25.1. The summed E-state index contributed by atoms with van der Waals surface area (Å²) in [6.07, 6.45) is 3.19. The molecule has 1 aromatic carbocycles. The maximum Gasteiger partial charge on any atom is 0.339 e. The highest BCUT2D eigenvalue weighted by Gasteiger charge is 2.20. The van der Waals surface area contributed by atoms with Crippen LogP contribution in [0.15, 0.2) is 16.6 Å². The Morgan fingerprint density at radius 3 is 2.57 bits per heavy atom. The Labute approximate surface area is 132 Å². The first-order valence-corrected chi connectivity index (χ1v) is 7.72. The molecule has 1 N–H and O–H groups in total. The lowest BCUT2D eigenvalue weighted by Crippen LogP contribution is -2.38. The molecule has 0 spiro atoms. The Bertz CT molecular complexity index is 553. The van der Waals surface area contributed by atoms with Crippen molar-refractivity contribution in [2.45, 2.75) is 26.2 Å². The highest BCUT2D eigenvalue weighted by molar-refractivity contribution is 9.10. The summed E-state index contributed by atoms with van der Waals surface area (Å²) in [7, 11) is 0. The van der Waals surface area contributed by atoms with E-state index in [1.807, 2.05) is 0 Å². The predicted octanol–water partition coefficient (Wildman–Crippen LogP) is 2.85. The van der Waals surface area contributed by atoms with Crippen molar-refractivity contribution in [2.75, 3.05) is 19.7 Å². The molecule has 6 heteroatoms. The molecule has 1 aromatic rings. The Morgan fingerprint density at radius 1 is 1.29 bits per heavy atom. The molecule has 21 heavy (non-hydrogen) atoms. The van der Waals surface area contributed by atoms with Crippen LogP contribution in [0.1, 0.15) is 35.2 Å². The third-order valence-corrected chi connectivity index (χ3v) is 3.98. The summed E-state index contributed by atoms with van der Waals surface area (Å²) in [5.41, 5.74) is 0.751. The first kappa shape index (κ1) is 15.8. The van der Waals surface area contributed by atoms with Crippen LogP contribution in [0.25, 0.3) is 0 Å². The summed E-state index contributed by atoms with van der Waals surface area (Å²) in [5, 5.41) is 9.23. The summed E-state index contributed by atoms with van der Waals surface area (Å²) in [5.74, 6) is -0.899. The third-order valence-electron chi connectivity index (χ3n) is 3.52. The number of carbonyl (C=O) groups is 2. The molecule has 2 rings (SSSR count). The van der Waals surface area contributed by atoms with Crippen LogP contribution < -0.4 is 4.74 Å². The van der Waals surface area contributed by atoms with Crippen LogP contribution in [0.5, 0.6) is 5.75 Å². The van der Waals surface area contributed by atoms with Crippen molar-refractivity contribution < 1.29 is 19.4 Å². The summed E-state index contributed by atoms with van der Waals surface area (Å²) < 4.78 is 6.18. The molecular weight excluding hydrogens is 338 g/mol. The molecular formula is C15H18BrNO4. The molecule has 114 valence electrons. The van der Waals surface area contributed by atoms with E-state index in [9.17, 15) is 14.7 Å². The van der Waals surface area contributed by atoms with Gasteiger partial charge in [0.2, 0.25) is 0 Å². The number of hydrogen-bond acceptors (Lipinski definition) is 3. The molecule has 0 radical (unpaired) electrons. The predicted molar refractivity (Wildman–Crippen MR) is 81.8 cm³/mol. The van der Waals surface area contributed by atoms with E-state index in [4.69, 9.17) is 4.74 Å². The molecule has 0 bridgehead atoms. The fourth-order valence-corrected chi connectivity index (χ4v) is 3.02. The van der Waals surface area contributed by atoms with Crippen molar-refractivity contribution in [3.63, 3.8) is 0 Å².